The van der Waals surface area contributed by atoms with E-state index in [-0.39, 0.29) is 23.7 Å². The fraction of sp³-hybridized carbons (Fsp3) is 0.692. The SMILES string of the molecule is CCCCCN[C@@H]1C(=O)N2C(C(=O)O)=CCC[C@@H]12. The monoisotopic (exact) mass is 252 g/mol. The minimum atomic E-state index is -1.00. The first-order chi connectivity index (χ1) is 8.66. The topological polar surface area (TPSA) is 69.6 Å². The van der Waals surface area contributed by atoms with E-state index in [0.29, 0.717) is 0 Å². The maximum absolute atomic E-state index is 11.9. The zero-order valence-electron chi connectivity index (χ0n) is 10.7. The van der Waals surface area contributed by atoms with Gasteiger partial charge in [0.2, 0.25) is 5.91 Å². The van der Waals surface area contributed by atoms with Crippen LogP contribution in [0.4, 0.5) is 0 Å². The molecule has 1 amide bonds. The number of nitrogens with one attached hydrogen (secondary N) is 1. The Balaban J connectivity index is 1.90. The highest BCUT2D eigenvalue weighted by molar-refractivity contribution is 5.99. The highest BCUT2D eigenvalue weighted by Crippen LogP contribution is 2.33. The van der Waals surface area contributed by atoms with Gasteiger partial charge in [0.1, 0.15) is 11.7 Å². The van der Waals surface area contributed by atoms with Crippen molar-refractivity contribution in [2.75, 3.05) is 6.54 Å². The lowest BCUT2D eigenvalue weighted by atomic mass is 9.86. The van der Waals surface area contributed by atoms with Gasteiger partial charge in [-0.2, -0.15) is 0 Å². The Morgan fingerprint density at radius 3 is 3.00 bits per heavy atom. The Labute approximate surface area is 107 Å². The number of allylic oxidation sites excluding steroid dienone is 1. The number of carbonyl (C=O) groups excluding carboxylic acids is 1. The molecule has 5 heteroatoms. The number of carbonyl (C=O) groups is 2. The Hall–Kier alpha value is -1.36. The summed E-state index contributed by atoms with van der Waals surface area (Å²) in [5.74, 6) is -1.10. The summed E-state index contributed by atoms with van der Waals surface area (Å²) in [6.45, 7) is 2.97. The average molecular weight is 252 g/mol. The van der Waals surface area contributed by atoms with Crippen LogP contribution in [-0.4, -0.2) is 40.5 Å². The van der Waals surface area contributed by atoms with Crippen molar-refractivity contribution in [3.05, 3.63) is 11.8 Å². The second-order valence-corrected chi connectivity index (χ2v) is 4.89. The molecule has 0 spiro atoms. The van der Waals surface area contributed by atoms with Crippen LogP contribution < -0.4 is 5.32 Å². The van der Waals surface area contributed by atoms with E-state index in [4.69, 9.17) is 5.11 Å². The van der Waals surface area contributed by atoms with Gasteiger partial charge in [-0.15, -0.1) is 0 Å². The molecule has 2 aliphatic rings. The summed E-state index contributed by atoms with van der Waals surface area (Å²) in [5, 5.41) is 12.3. The van der Waals surface area contributed by atoms with Crippen LogP contribution in [0.15, 0.2) is 11.8 Å². The van der Waals surface area contributed by atoms with E-state index in [0.717, 1.165) is 38.6 Å². The van der Waals surface area contributed by atoms with Gasteiger partial charge in [0.25, 0.3) is 0 Å². The molecule has 2 atom stereocenters. The van der Waals surface area contributed by atoms with Gasteiger partial charge in [-0.3, -0.25) is 9.69 Å². The van der Waals surface area contributed by atoms with Crippen LogP contribution >= 0.6 is 0 Å². The summed E-state index contributed by atoms with van der Waals surface area (Å²) in [7, 11) is 0. The summed E-state index contributed by atoms with van der Waals surface area (Å²) in [5.41, 5.74) is 0.155. The largest absolute Gasteiger partial charge is 0.477 e. The fourth-order valence-electron chi connectivity index (χ4n) is 2.67. The minimum Gasteiger partial charge on any atom is -0.477 e. The highest BCUT2D eigenvalue weighted by Gasteiger charge is 2.50. The summed E-state index contributed by atoms with van der Waals surface area (Å²) in [6, 6.07) is -0.139. The standard InChI is InChI=1S/C13H20N2O3/c1-2-3-4-8-14-11-9-6-5-7-10(13(17)18)15(9)12(11)16/h7,9,11,14H,2-6,8H2,1H3,(H,17,18)/t9-,11-/m0/s1. The van der Waals surface area contributed by atoms with Crippen molar-refractivity contribution in [1.82, 2.24) is 10.2 Å². The number of nitrogens with zero attached hydrogens (tertiary/aromatic N) is 1. The molecule has 0 aromatic rings. The second-order valence-electron chi connectivity index (χ2n) is 4.89. The number of carboxylic acid groups (broad SMARTS) is 1. The van der Waals surface area contributed by atoms with E-state index >= 15 is 0 Å². The molecular formula is C13H20N2O3. The van der Waals surface area contributed by atoms with Gasteiger partial charge in [-0.05, 0) is 25.8 Å². The van der Waals surface area contributed by atoms with E-state index in [1.807, 2.05) is 0 Å². The van der Waals surface area contributed by atoms with Crippen molar-refractivity contribution < 1.29 is 14.7 Å². The normalized spacial score (nSPS) is 26.4. The summed E-state index contributed by atoms with van der Waals surface area (Å²) in [4.78, 5) is 24.4. The van der Waals surface area contributed by atoms with Crippen molar-refractivity contribution in [1.29, 1.82) is 0 Å². The number of amides is 1. The first-order valence-electron chi connectivity index (χ1n) is 6.66. The lowest BCUT2D eigenvalue weighted by Gasteiger charge is -2.49. The predicted molar refractivity (Wildman–Crippen MR) is 66.9 cm³/mol. The molecule has 0 aromatic heterocycles. The Kier molecular flexibility index (Phi) is 4.01. The number of fused-ring (bicyclic) bond motifs is 1. The van der Waals surface area contributed by atoms with E-state index in [2.05, 4.69) is 12.2 Å². The number of aliphatic carboxylic acids is 1. The first-order valence-corrected chi connectivity index (χ1v) is 6.66. The molecule has 0 saturated carbocycles. The quantitative estimate of drug-likeness (QED) is 0.549. The van der Waals surface area contributed by atoms with Crippen molar-refractivity contribution in [2.24, 2.45) is 0 Å². The number of hydrogen-bond acceptors (Lipinski definition) is 3. The molecule has 0 aromatic carbocycles. The van der Waals surface area contributed by atoms with Gasteiger partial charge >= 0.3 is 5.97 Å². The van der Waals surface area contributed by atoms with Crippen molar-refractivity contribution in [3.8, 4) is 0 Å². The Bertz CT molecular complexity index is 378. The van der Waals surface area contributed by atoms with Crippen LogP contribution in [0.25, 0.3) is 0 Å². The van der Waals surface area contributed by atoms with Crippen LogP contribution in [0, 0.1) is 0 Å². The molecule has 0 unspecified atom stereocenters. The maximum Gasteiger partial charge on any atom is 0.352 e. The molecular weight excluding hydrogens is 232 g/mol. The van der Waals surface area contributed by atoms with Crippen molar-refractivity contribution in [3.63, 3.8) is 0 Å². The van der Waals surface area contributed by atoms with Gasteiger partial charge in [0.05, 0.1) is 6.04 Å². The number of hydrogen-bond donors (Lipinski definition) is 2. The molecule has 1 fully saturated rings. The zero-order chi connectivity index (χ0) is 13.1. The predicted octanol–water partition coefficient (Wildman–Crippen LogP) is 1.11. The molecule has 0 bridgehead atoms. The average Bonchev–Trinajstić information content (AvgIpc) is 2.37. The van der Waals surface area contributed by atoms with Gasteiger partial charge in [0.15, 0.2) is 0 Å². The Morgan fingerprint density at radius 1 is 1.56 bits per heavy atom. The summed E-state index contributed by atoms with van der Waals surface area (Å²) >= 11 is 0. The molecule has 100 valence electrons. The molecule has 0 aliphatic carbocycles. The zero-order valence-corrected chi connectivity index (χ0v) is 10.7. The lowest BCUT2D eigenvalue weighted by Crippen LogP contribution is -2.70. The van der Waals surface area contributed by atoms with Crippen LogP contribution in [0.3, 0.4) is 0 Å². The lowest BCUT2D eigenvalue weighted by molar-refractivity contribution is -0.154. The summed E-state index contributed by atoms with van der Waals surface area (Å²) < 4.78 is 0. The third kappa shape index (κ3) is 2.27. The molecule has 2 rings (SSSR count). The smallest absolute Gasteiger partial charge is 0.352 e. The molecule has 2 heterocycles. The van der Waals surface area contributed by atoms with Gasteiger partial charge in [-0.25, -0.2) is 4.79 Å². The van der Waals surface area contributed by atoms with Crippen LogP contribution in [-0.2, 0) is 9.59 Å². The number of β-lactam (4-membered cyclic amide) rings is 1. The van der Waals surface area contributed by atoms with E-state index in [1.54, 1.807) is 6.08 Å². The number of unbranched alkanes of at least 4 members (excludes halogenated alkanes) is 2. The van der Waals surface area contributed by atoms with E-state index in [9.17, 15) is 9.59 Å². The molecule has 18 heavy (non-hydrogen) atoms. The van der Waals surface area contributed by atoms with Gasteiger partial charge < -0.3 is 10.4 Å². The molecule has 1 saturated heterocycles. The Morgan fingerprint density at radius 2 is 2.33 bits per heavy atom. The third-order valence-corrected chi connectivity index (χ3v) is 3.64. The van der Waals surface area contributed by atoms with Gasteiger partial charge in [-0.1, -0.05) is 25.8 Å². The minimum absolute atomic E-state index is 0.0372. The van der Waals surface area contributed by atoms with Crippen LogP contribution in [0.1, 0.15) is 39.0 Å². The molecule has 5 nitrogen and oxygen atoms in total. The molecule has 0 radical (unpaired) electrons. The van der Waals surface area contributed by atoms with Crippen LogP contribution in [0.5, 0.6) is 0 Å². The van der Waals surface area contributed by atoms with Gasteiger partial charge in [0, 0.05) is 0 Å². The van der Waals surface area contributed by atoms with Crippen molar-refractivity contribution >= 4 is 11.9 Å². The molecule has 2 N–H and O–H groups in total. The summed E-state index contributed by atoms with van der Waals surface area (Å²) in [6.07, 6.45) is 6.61. The number of carboxylic acids is 1. The maximum atomic E-state index is 11.9. The third-order valence-electron chi connectivity index (χ3n) is 3.64. The molecule has 2 aliphatic heterocycles. The second kappa shape index (κ2) is 5.52. The van der Waals surface area contributed by atoms with Crippen LogP contribution in [0.2, 0.25) is 0 Å². The van der Waals surface area contributed by atoms with E-state index in [1.165, 1.54) is 4.90 Å². The number of rotatable bonds is 6. The fourth-order valence-corrected chi connectivity index (χ4v) is 2.67. The van der Waals surface area contributed by atoms with E-state index < -0.39 is 5.97 Å². The van der Waals surface area contributed by atoms with Crippen molar-refractivity contribution in [2.45, 2.75) is 51.1 Å². The highest BCUT2D eigenvalue weighted by atomic mass is 16.4. The first kappa shape index (κ1) is 13.1.